The fourth-order valence-corrected chi connectivity index (χ4v) is 1.73. The molecule has 0 amide bonds. The molecular weight excluding hydrogens is 250 g/mol. The maximum atomic E-state index is 8.04. The molecule has 0 heterocycles. The predicted octanol–water partition coefficient (Wildman–Crippen LogP) is 4.19. The van der Waals surface area contributed by atoms with E-state index in [0.29, 0.717) is 5.69 Å². The average molecular weight is 275 g/mol. The molecule has 0 unspecified atom stereocenters. The van der Waals surface area contributed by atoms with E-state index in [-0.39, 0.29) is 5.96 Å². The number of azo groups is 1. The van der Waals surface area contributed by atoms with Gasteiger partial charge in [0.05, 0.1) is 5.69 Å². The highest BCUT2D eigenvalue weighted by molar-refractivity contribution is 5.77. The Morgan fingerprint density at radius 2 is 1.65 bits per heavy atom. The van der Waals surface area contributed by atoms with E-state index in [2.05, 4.69) is 24.1 Å². The fraction of sp³-hybridized carbons (Fsp3) is 0.533. The topological polar surface area (TPSA) is 77.8 Å². The lowest BCUT2D eigenvalue weighted by Crippen LogP contribution is -2.30. The van der Waals surface area contributed by atoms with E-state index in [1.165, 1.54) is 0 Å². The Morgan fingerprint density at radius 1 is 1.10 bits per heavy atom. The summed E-state index contributed by atoms with van der Waals surface area (Å²) in [5.74, 6) is 0.240. The summed E-state index contributed by atoms with van der Waals surface area (Å²) in [6, 6.07) is 7.16. The Bertz CT molecular complexity index is 416. The number of hydrogen-bond donors (Lipinski definition) is 2. The zero-order valence-electron chi connectivity index (χ0n) is 12.5. The zero-order chi connectivity index (χ0) is 14.8. The Morgan fingerprint density at radius 3 is 2.15 bits per heavy atom. The molecule has 0 bridgehead atoms. The number of benzene rings is 1. The maximum absolute atomic E-state index is 8.04. The first-order chi connectivity index (χ1) is 9.67. The quantitative estimate of drug-likeness (QED) is 0.339. The number of guanidine groups is 1. The van der Waals surface area contributed by atoms with E-state index in [1.54, 1.807) is 24.3 Å². The number of rotatable bonds is 7. The van der Waals surface area contributed by atoms with Gasteiger partial charge in [0, 0.05) is 18.8 Å². The Kier molecular flexibility index (Phi) is 7.32. The van der Waals surface area contributed by atoms with Gasteiger partial charge in [0.2, 0.25) is 5.96 Å². The summed E-state index contributed by atoms with van der Waals surface area (Å²) in [6.07, 6.45) is 4.38. The molecule has 0 saturated heterocycles. The van der Waals surface area contributed by atoms with Gasteiger partial charge in [-0.1, -0.05) is 26.7 Å². The number of nitrogens with zero attached hydrogens (tertiary/aromatic N) is 3. The van der Waals surface area contributed by atoms with Gasteiger partial charge in [-0.05, 0) is 37.1 Å². The minimum absolute atomic E-state index is 0.240. The molecule has 1 rings (SSSR count). The summed E-state index contributed by atoms with van der Waals surface area (Å²) < 4.78 is 0. The number of nitrogens with two attached hydrogens (primary N) is 1. The third kappa shape index (κ3) is 5.82. The average Bonchev–Trinajstić information content (AvgIpc) is 2.46. The molecule has 0 spiro atoms. The maximum Gasteiger partial charge on any atom is 0.237 e. The van der Waals surface area contributed by atoms with Gasteiger partial charge >= 0.3 is 0 Å². The van der Waals surface area contributed by atoms with Crippen molar-refractivity contribution in [3.63, 3.8) is 0 Å². The van der Waals surface area contributed by atoms with Crippen LogP contribution in [0, 0.1) is 5.41 Å². The van der Waals surface area contributed by atoms with Crippen LogP contribution in [0.4, 0.5) is 11.4 Å². The molecule has 20 heavy (non-hydrogen) atoms. The molecule has 3 N–H and O–H groups in total. The molecule has 0 aliphatic heterocycles. The van der Waals surface area contributed by atoms with Crippen LogP contribution in [-0.2, 0) is 0 Å². The van der Waals surface area contributed by atoms with Crippen molar-refractivity contribution in [2.24, 2.45) is 10.2 Å². The van der Waals surface area contributed by atoms with E-state index in [9.17, 15) is 0 Å². The van der Waals surface area contributed by atoms with Gasteiger partial charge in [0.15, 0.2) is 0 Å². The predicted molar refractivity (Wildman–Crippen MR) is 84.5 cm³/mol. The van der Waals surface area contributed by atoms with Gasteiger partial charge in [-0.3, -0.25) is 5.41 Å². The van der Waals surface area contributed by atoms with Crippen molar-refractivity contribution < 1.29 is 0 Å². The molecule has 0 fully saturated rings. The molecule has 0 radical (unpaired) electrons. The molecule has 0 aliphatic carbocycles. The number of hydrogen-bond acceptors (Lipinski definition) is 3. The number of anilines is 1. The number of unbranched alkanes of at least 4 members (excludes halogenated alkanes) is 2. The van der Waals surface area contributed by atoms with Gasteiger partial charge < -0.3 is 10.6 Å². The lowest BCUT2D eigenvalue weighted by Gasteiger charge is -2.21. The van der Waals surface area contributed by atoms with Crippen LogP contribution in [0.15, 0.2) is 34.5 Å². The van der Waals surface area contributed by atoms with Crippen molar-refractivity contribution in [2.45, 2.75) is 39.5 Å². The van der Waals surface area contributed by atoms with Crippen LogP contribution < -0.4 is 5.73 Å². The molecule has 1 aromatic carbocycles. The minimum atomic E-state index is 0.240. The van der Waals surface area contributed by atoms with E-state index in [4.69, 9.17) is 11.1 Å². The third-order valence-corrected chi connectivity index (χ3v) is 3.02. The molecule has 5 nitrogen and oxygen atoms in total. The minimum Gasteiger partial charge on any atom is -0.399 e. The summed E-state index contributed by atoms with van der Waals surface area (Å²) >= 11 is 0. The lowest BCUT2D eigenvalue weighted by molar-refractivity contribution is 0.391. The molecule has 0 saturated carbocycles. The normalized spacial score (nSPS) is 10.9. The first kappa shape index (κ1) is 16.1. The third-order valence-electron chi connectivity index (χ3n) is 3.02. The van der Waals surface area contributed by atoms with Crippen LogP contribution in [0.2, 0.25) is 0 Å². The molecule has 5 heteroatoms. The molecular formula is C15H25N5. The highest BCUT2D eigenvalue weighted by atomic mass is 15.3. The Labute approximate surface area is 121 Å². The van der Waals surface area contributed by atoms with Crippen molar-refractivity contribution in [1.82, 2.24) is 4.90 Å². The highest BCUT2D eigenvalue weighted by Crippen LogP contribution is 2.14. The second-order valence-corrected chi connectivity index (χ2v) is 4.81. The summed E-state index contributed by atoms with van der Waals surface area (Å²) in [6.45, 7) is 6.04. The fourth-order valence-electron chi connectivity index (χ4n) is 1.73. The zero-order valence-corrected chi connectivity index (χ0v) is 12.5. The SMILES string of the molecule is CCCCN(CCCC)C(=N)N=Nc1ccc(N)cc1. The summed E-state index contributed by atoms with van der Waals surface area (Å²) in [5.41, 5.74) is 7.04. The summed E-state index contributed by atoms with van der Waals surface area (Å²) in [4.78, 5) is 1.99. The molecule has 0 atom stereocenters. The molecule has 110 valence electrons. The van der Waals surface area contributed by atoms with Crippen LogP contribution in [-0.4, -0.2) is 23.9 Å². The number of nitrogens with one attached hydrogen (secondary N) is 1. The van der Waals surface area contributed by atoms with Gasteiger partial charge in [-0.15, -0.1) is 10.2 Å². The number of nitrogen functional groups attached to an aromatic ring is 1. The first-order valence-electron chi connectivity index (χ1n) is 7.28. The first-order valence-corrected chi connectivity index (χ1v) is 7.28. The summed E-state index contributed by atoms with van der Waals surface area (Å²) in [5, 5.41) is 16.1. The van der Waals surface area contributed by atoms with Crippen molar-refractivity contribution >= 4 is 17.3 Å². The largest absolute Gasteiger partial charge is 0.399 e. The van der Waals surface area contributed by atoms with Crippen LogP contribution in [0.5, 0.6) is 0 Å². The smallest absolute Gasteiger partial charge is 0.237 e. The second-order valence-electron chi connectivity index (χ2n) is 4.81. The Hall–Kier alpha value is -1.91. The Balaban J connectivity index is 2.61. The highest BCUT2D eigenvalue weighted by Gasteiger charge is 2.07. The van der Waals surface area contributed by atoms with E-state index < -0.39 is 0 Å². The molecule has 0 aliphatic rings. The van der Waals surface area contributed by atoms with Crippen LogP contribution in [0.25, 0.3) is 0 Å². The van der Waals surface area contributed by atoms with E-state index >= 15 is 0 Å². The van der Waals surface area contributed by atoms with Gasteiger partial charge in [-0.2, -0.15) is 0 Å². The van der Waals surface area contributed by atoms with Gasteiger partial charge in [0.1, 0.15) is 0 Å². The monoisotopic (exact) mass is 275 g/mol. The van der Waals surface area contributed by atoms with E-state index in [0.717, 1.165) is 44.5 Å². The lowest BCUT2D eigenvalue weighted by atomic mass is 10.3. The van der Waals surface area contributed by atoms with Gasteiger partial charge in [0.25, 0.3) is 0 Å². The summed E-state index contributed by atoms with van der Waals surface area (Å²) in [7, 11) is 0. The molecule has 0 aromatic heterocycles. The van der Waals surface area contributed by atoms with Crippen molar-refractivity contribution in [1.29, 1.82) is 5.41 Å². The van der Waals surface area contributed by atoms with Crippen molar-refractivity contribution in [3.05, 3.63) is 24.3 Å². The van der Waals surface area contributed by atoms with Crippen molar-refractivity contribution in [3.8, 4) is 0 Å². The van der Waals surface area contributed by atoms with Gasteiger partial charge in [-0.25, -0.2) is 0 Å². The van der Waals surface area contributed by atoms with Crippen LogP contribution >= 0.6 is 0 Å². The second kappa shape index (κ2) is 9.07. The molecule has 1 aromatic rings. The standard InChI is InChI=1S/C15H25N5/c1-3-5-11-20(12-6-4-2)15(17)19-18-14-9-7-13(16)8-10-14/h7-10,17H,3-6,11-12,16H2,1-2H3. The van der Waals surface area contributed by atoms with Crippen LogP contribution in [0.1, 0.15) is 39.5 Å². The van der Waals surface area contributed by atoms with E-state index in [1.807, 2.05) is 4.90 Å². The van der Waals surface area contributed by atoms with Crippen molar-refractivity contribution in [2.75, 3.05) is 18.8 Å². The van der Waals surface area contributed by atoms with Crippen LogP contribution in [0.3, 0.4) is 0 Å².